The summed E-state index contributed by atoms with van der Waals surface area (Å²) < 4.78 is 13.3. The Morgan fingerprint density at radius 3 is 2.47 bits per heavy atom. The zero-order valence-corrected chi connectivity index (χ0v) is 10.4. The fourth-order valence-electron chi connectivity index (χ4n) is 1.44. The van der Waals surface area contributed by atoms with Gasteiger partial charge in [-0.3, -0.25) is 0 Å². The lowest BCUT2D eigenvalue weighted by atomic mass is 10.3. The van der Waals surface area contributed by atoms with Gasteiger partial charge in [0.2, 0.25) is 0 Å². The normalized spacial score (nSPS) is 10.5. The van der Waals surface area contributed by atoms with Crippen LogP contribution in [0.1, 0.15) is 11.4 Å². The second-order valence-corrected chi connectivity index (χ2v) is 4.70. The fourth-order valence-corrected chi connectivity index (χ4v) is 2.37. The number of nitrogens with two attached hydrogens (primary N) is 1. The molecule has 2 N–H and O–H groups in total. The minimum atomic E-state index is -0.417. The van der Waals surface area contributed by atoms with Crippen LogP contribution < -0.4 is 5.73 Å². The molecule has 2 rings (SSSR count). The Labute approximate surface area is 103 Å². The molecule has 3 nitrogen and oxygen atoms in total. The molecule has 0 unspecified atom stereocenters. The molecule has 1 aromatic carbocycles. The number of halogens is 1. The quantitative estimate of drug-likeness (QED) is 0.656. The van der Waals surface area contributed by atoms with Gasteiger partial charge in [-0.1, -0.05) is 6.07 Å². The van der Waals surface area contributed by atoms with Crippen LogP contribution in [0.5, 0.6) is 0 Å². The molecule has 0 amide bonds. The number of anilines is 1. The monoisotopic (exact) mass is 249 g/mol. The van der Waals surface area contributed by atoms with Crippen molar-refractivity contribution in [2.45, 2.75) is 23.9 Å². The Hall–Kier alpha value is -1.62. The van der Waals surface area contributed by atoms with E-state index in [0.29, 0.717) is 10.1 Å². The van der Waals surface area contributed by atoms with Crippen molar-refractivity contribution in [1.29, 1.82) is 0 Å². The van der Waals surface area contributed by atoms with E-state index in [1.54, 1.807) is 12.1 Å². The van der Waals surface area contributed by atoms with Crippen molar-refractivity contribution in [3.63, 3.8) is 0 Å². The third-order valence-electron chi connectivity index (χ3n) is 2.18. The van der Waals surface area contributed by atoms with Crippen molar-refractivity contribution in [1.82, 2.24) is 9.97 Å². The largest absolute Gasteiger partial charge is 0.395 e. The first-order chi connectivity index (χ1) is 8.06. The van der Waals surface area contributed by atoms with E-state index in [1.165, 1.54) is 17.8 Å². The second kappa shape index (κ2) is 4.71. The summed E-state index contributed by atoms with van der Waals surface area (Å²) in [7, 11) is 0. The van der Waals surface area contributed by atoms with Crippen LogP contribution in [-0.2, 0) is 0 Å². The van der Waals surface area contributed by atoms with Crippen molar-refractivity contribution in [3.05, 3.63) is 41.5 Å². The summed E-state index contributed by atoms with van der Waals surface area (Å²) in [6.45, 7) is 3.79. The van der Waals surface area contributed by atoms with Crippen molar-refractivity contribution in [2.24, 2.45) is 0 Å². The topological polar surface area (TPSA) is 51.8 Å². The third kappa shape index (κ3) is 2.74. The number of benzene rings is 1. The maximum Gasteiger partial charge on any atom is 0.192 e. The van der Waals surface area contributed by atoms with E-state index in [2.05, 4.69) is 9.97 Å². The highest BCUT2D eigenvalue weighted by molar-refractivity contribution is 7.99. The number of aromatic nitrogens is 2. The lowest BCUT2D eigenvalue weighted by Gasteiger charge is -2.06. The summed E-state index contributed by atoms with van der Waals surface area (Å²) in [4.78, 5) is 9.18. The maximum atomic E-state index is 13.3. The molecule has 0 saturated heterocycles. The summed E-state index contributed by atoms with van der Waals surface area (Å²) in [6, 6.07) is 6.60. The van der Waals surface area contributed by atoms with Crippen LogP contribution in [0, 0.1) is 19.7 Å². The van der Waals surface area contributed by atoms with Gasteiger partial charge in [0.25, 0.3) is 0 Å². The van der Waals surface area contributed by atoms with Crippen LogP contribution in [0.25, 0.3) is 0 Å². The molecule has 1 aromatic heterocycles. The molecule has 0 saturated carbocycles. The Balaban J connectivity index is 2.34. The number of nitrogens with zero attached hydrogens (tertiary/aromatic N) is 2. The lowest BCUT2D eigenvalue weighted by molar-refractivity contribution is 0.629. The van der Waals surface area contributed by atoms with Crippen molar-refractivity contribution < 1.29 is 4.39 Å². The minimum Gasteiger partial charge on any atom is -0.395 e. The molecule has 2 aromatic rings. The number of aryl methyl sites for hydroxylation is 2. The van der Waals surface area contributed by atoms with E-state index in [9.17, 15) is 4.39 Å². The summed E-state index contributed by atoms with van der Waals surface area (Å²) in [6.07, 6.45) is 0. The highest BCUT2D eigenvalue weighted by Crippen LogP contribution is 2.31. The molecule has 0 aliphatic carbocycles. The van der Waals surface area contributed by atoms with Gasteiger partial charge in [0.15, 0.2) is 5.16 Å². The molecule has 5 heteroatoms. The number of para-hydroxylation sites is 1. The zero-order chi connectivity index (χ0) is 12.4. The van der Waals surface area contributed by atoms with Crippen LogP contribution in [-0.4, -0.2) is 9.97 Å². The molecule has 17 heavy (non-hydrogen) atoms. The average Bonchev–Trinajstić information content (AvgIpc) is 2.23. The number of hydrogen-bond donors (Lipinski definition) is 1. The molecule has 88 valence electrons. The van der Waals surface area contributed by atoms with E-state index in [1.807, 2.05) is 19.9 Å². The van der Waals surface area contributed by atoms with Crippen molar-refractivity contribution in [2.75, 3.05) is 5.73 Å². The predicted molar refractivity (Wildman–Crippen MR) is 66.4 cm³/mol. The molecule has 0 bridgehead atoms. The highest BCUT2D eigenvalue weighted by atomic mass is 32.2. The van der Waals surface area contributed by atoms with Gasteiger partial charge < -0.3 is 5.73 Å². The number of rotatable bonds is 2. The van der Waals surface area contributed by atoms with Gasteiger partial charge in [0, 0.05) is 16.3 Å². The van der Waals surface area contributed by atoms with Crippen LogP contribution in [0.3, 0.4) is 0 Å². The molecule has 1 heterocycles. The first-order valence-electron chi connectivity index (χ1n) is 5.10. The van der Waals surface area contributed by atoms with E-state index in [4.69, 9.17) is 5.73 Å². The summed E-state index contributed by atoms with van der Waals surface area (Å²) in [5.41, 5.74) is 7.56. The van der Waals surface area contributed by atoms with E-state index >= 15 is 0 Å². The minimum absolute atomic E-state index is 0.139. The smallest absolute Gasteiger partial charge is 0.192 e. The van der Waals surface area contributed by atoms with Crippen molar-refractivity contribution >= 4 is 17.4 Å². The van der Waals surface area contributed by atoms with Gasteiger partial charge >= 0.3 is 0 Å². The first kappa shape index (κ1) is 11.9. The Morgan fingerprint density at radius 2 is 1.82 bits per heavy atom. The van der Waals surface area contributed by atoms with Gasteiger partial charge in [-0.05, 0) is 43.8 Å². The molecular weight excluding hydrogens is 237 g/mol. The van der Waals surface area contributed by atoms with Gasteiger partial charge in [-0.15, -0.1) is 0 Å². The van der Waals surface area contributed by atoms with Crippen LogP contribution >= 0.6 is 11.8 Å². The zero-order valence-electron chi connectivity index (χ0n) is 9.57. The molecule has 0 aliphatic heterocycles. The Kier molecular flexibility index (Phi) is 3.28. The van der Waals surface area contributed by atoms with Gasteiger partial charge in [0.05, 0.1) is 5.69 Å². The SMILES string of the molecule is Cc1cc(C)nc(Sc2cccc(F)c2N)n1. The summed E-state index contributed by atoms with van der Waals surface area (Å²) in [5, 5.41) is 0.583. The van der Waals surface area contributed by atoms with Crippen LogP contribution in [0.2, 0.25) is 0 Å². The Morgan fingerprint density at radius 1 is 1.18 bits per heavy atom. The van der Waals surface area contributed by atoms with Gasteiger partial charge in [0.1, 0.15) is 5.82 Å². The Bertz CT molecular complexity index is 537. The third-order valence-corrected chi connectivity index (χ3v) is 3.12. The standard InChI is InChI=1S/C12H12FN3S/c1-7-6-8(2)16-12(15-7)17-10-5-3-4-9(13)11(10)14/h3-6H,14H2,1-2H3. The molecule has 0 fully saturated rings. The molecule has 0 aliphatic rings. The van der Waals surface area contributed by atoms with Crippen LogP contribution in [0.15, 0.2) is 34.3 Å². The number of nitrogen functional groups attached to an aromatic ring is 1. The fraction of sp³-hybridized carbons (Fsp3) is 0.167. The van der Waals surface area contributed by atoms with Crippen molar-refractivity contribution in [3.8, 4) is 0 Å². The lowest BCUT2D eigenvalue weighted by Crippen LogP contribution is -1.96. The van der Waals surface area contributed by atoms with Gasteiger partial charge in [-0.25, -0.2) is 14.4 Å². The number of hydrogen-bond acceptors (Lipinski definition) is 4. The molecular formula is C12H12FN3S. The summed E-state index contributed by atoms with van der Waals surface area (Å²) >= 11 is 1.27. The van der Waals surface area contributed by atoms with Crippen LogP contribution in [0.4, 0.5) is 10.1 Å². The molecule has 0 spiro atoms. The summed E-state index contributed by atoms with van der Waals surface area (Å²) in [5.74, 6) is -0.417. The van der Waals surface area contributed by atoms with E-state index in [-0.39, 0.29) is 5.69 Å². The van der Waals surface area contributed by atoms with E-state index < -0.39 is 5.82 Å². The predicted octanol–water partition coefficient (Wildman–Crippen LogP) is 2.97. The highest BCUT2D eigenvalue weighted by Gasteiger charge is 2.08. The second-order valence-electron chi connectivity index (χ2n) is 3.69. The van der Waals surface area contributed by atoms with Gasteiger partial charge in [-0.2, -0.15) is 0 Å². The molecule has 0 atom stereocenters. The first-order valence-corrected chi connectivity index (χ1v) is 5.92. The molecule has 0 radical (unpaired) electrons. The van der Waals surface area contributed by atoms with E-state index in [0.717, 1.165) is 11.4 Å². The maximum absolute atomic E-state index is 13.3. The average molecular weight is 249 g/mol.